The highest BCUT2D eigenvalue weighted by atomic mass is 16.6. The van der Waals surface area contributed by atoms with Crippen molar-refractivity contribution in [1.29, 1.82) is 0 Å². The van der Waals surface area contributed by atoms with Gasteiger partial charge in [-0.05, 0) is 77.3 Å². The lowest BCUT2D eigenvalue weighted by molar-refractivity contribution is -0.134. The number of hydrogen-bond donors (Lipinski definition) is 0. The fourth-order valence-corrected chi connectivity index (χ4v) is 5.11. The summed E-state index contributed by atoms with van der Waals surface area (Å²) < 4.78 is 7.33. The molecule has 6 nitrogen and oxygen atoms in total. The van der Waals surface area contributed by atoms with Crippen LogP contribution in [0.1, 0.15) is 71.7 Å². The van der Waals surface area contributed by atoms with E-state index in [0.717, 1.165) is 48.3 Å². The average molecular weight is 468 g/mol. The van der Waals surface area contributed by atoms with Crippen LogP contribution in [0.15, 0.2) is 30.0 Å². The van der Waals surface area contributed by atoms with Crippen LogP contribution < -0.4 is 0 Å². The molecule has 0 unspecified atom stereocenters. The van der Waals surface area contributed by atoms with E-state index >= 15 is 0 Å². The van der Waals surface area contributed by atoms with Crippen molar-refractivity contribution < 1.29 is 14.3 Å². The summed E-state index contributed by atoms with van der Waals surface area (Å²) in [6.45, 7) is 15.9. The summed E-state index contributed by atoms with van der Waals surface area (Å²) in [4.78, 5) is 30.3. The van der Waals surface area contributed by atoms with Gasteiger partial charge in [0.1, 0.15) is 5.60 Å². The second-order valence-corrected chi connectivity index (χ2v) is 9.92. The van der Waals surface area contributed by atoms with Crippen molar-refractivity contribution in [1.82, 2.24) is 14.4 Å². The molecule has 0 fully saturated rings. The molecule has 0 radical (unpaired) electrons. The number of hydrogen-bond acceptors (Lipinski definition) is 4. The molecule has 1 aromatic rings. The summed E-state index contributed by atoms with van der Waals surface area (Å²) in [6, 6.07) is 0.204. The highest BCUT2D eigenvalue weighted by Gasteiger charge is 2.39. The summed E-state index contributed by atoms with van der Waals surface area (Å²) >= 11 is 0. The standard InChI is InChI=1S/C26H35N3O3.C2H6/c1-7-28(8-2)24(30)18-13-20-19-11-9-10-12-21-23(19)17(14-22(20)27(6)15-18)16-29(21)25(31)32-26(3,4)5;1-2/h10-13,16,18,22H,7-9,14-15H2,1-6H3;1-2H3/t18-,22-;/m1./s1. The molecule has 0 N–H and O–H groups in total. The van der Waals surface area contributed by atoms with Gasteiger partial charge in [0.05, 0.1) is 11.6 Å². The van der Waals surface area contributed by atoms with Gasteiger partial charge < -0.3 is 9.64 Å². The van der Waals surface area contributed by atoms with E-state index in [4.69, 9.17) is 4.74 Å². The third-order valence-corrected chi connectivity index (χ3v) is 6.59. The van der Waals surface area contributed by atoms with Gasteiger partial charge in [-0.1, -0.05) is 32.1 Å². The maximum atomic E-state index is 13.2. The van der Waals surface area contributed by atoms with Crippen LogP contribution >= 0.6 is 0 Å². The highest BCUT2D eigenvalue weighted by Crippen LogP contribution is 2.44. The number of nitrogens with zero attached hydrogens (tertiary/aromatic N) is 3. The van der Waals surface area contributed by atoms with Gasteiger partial charge in [-0.3, -0.25) is 14.3 Å². The first-order chi connectivity index (χ1) is 16.1. The Hall–Kier alpha value is -2.60. The predicted molar refractivity (Wildman–Crippen MR) is 139 cm³/mol. The number of allylic oxidation sites excluding steroid dienone is 2. The summed E-state index contributed by atoms with van der Waals surface area (Å²) in [5.41, 5.74) is 4.95. The number of amides is 1. The van der Waals surface area contributed by atoms with E-state index < -0.39 is 5.60 Å². The molecule has 4 rings (SSSR count). The first kappa shape index (κ1) is 26.0. The van der Waals surface area contributed by atoms with E-state index in [0.29, 0.717) is 6.54 Å². The molecule has 186 valence electrons. The monoisotopic (exact) mass is 467 g/mol. The number of fused-ring (bicyclic) bond motifs is 2. The molecule has 1 aliphatic heterocycles. The first-order valence-electron chi connectivity index (χ1n) is 12.7. The molecule has 0 spiro atoms. The van der Waals surface area contributed by atoms with Crippen LogP contribution in [0.2, 0.25) is 0 Å². The lowest BCUT2D eigenvalue weighted by atomic mass is 9.77. The van der Waals surface area contributed by atoms with Crippen molar-refractivity contribution in [3.8, 4) is 0 Å². The van der Waals surface area contributed by atoms with Crippen molar-refractivity contribution in [2.45, 2.75) is 73.0 Å². The zero-order valence-electron chi connectivity index (χ0n) is 22.1. The smallest absolute Gasteiger partial charge is 0.419 e. The van der Waals surface area contributed by atoms with Gasteiger partial charge in [0.2, 0.25) is 5.91 Å². The van der Waals surface area contributed by atoms with Gasteiger partial charge in [-0.25, -0.2) is 4.79 Å². The Morgan fingerprint density at radius 1 is 1.18 bits per heavy atom. The second kappa shape index (κ2) is 10.3. The van der Waals surface area contributed by atoms with Gasteiger partial charge in [-0.2, -0.15) is 0 Å². The Morgan fingerprint density at radius 2 is 1.85 bits per heavy atom. The Bertz CT molecular complexity index is 1020. The number of likely N-dealkylation sites (N-methyl/N-ethyl adjacent to an activating group) is 1. The third kappa shape index (κ3) is 4.92. The molecule has 1 aromatic heterocycles. The number of ether oxygens (including phenoxy) is 1. The van der Waals surface area contributed by atoms with E-state index in [1.165, 1.54) is 5.57 Å². The van der Waals surface area contributed by atoms with Crippen LogP contribution in [0.5, 0.6) is 0 Å². The van der Waals surface area contributed by atoms with E-state index in [2.05, 4.69) is 30.2 Å². The van der Waals surface area contributed by atoms with Crippen LogP contribution in [0.25, 0.3) is 11.6 Å². The molecule has 0 aromatic carbocycles. The zero-order chi connectivity index (χ0) is 25.2. The number of aromatic nitrogens is 1. The van der Waals surface area contributed by atoms with Crippen LogP contribution in [-0.2, 0) is 16.0 Å². The minimum Gasteiger partial charge on any atom is -0.443 e. The summed E-state index contributed by atoms with van der Waals surface area (Å²) in [5, 5.41) is 0. The largest absolute Gasteiger partial charge is 0.443 e. The molecule has 2 heterocycles. The summed E-state index contributed by atoms with van der Waals surface area (Å²) in [5.74, 6) is 0.0405. The van der Waals surface area contributed by atoms with Gasteiger partial charge in [0, 0.05) is 37.4 Å². The SMILES string of the molecule is CC.CCN(CC)C(=O)[C@@H]1C=C2C3=CCC=Cc4c3c(cn4C(=O)OC(C)(C)C)C[C@H]2N(C)C1. The van der Waals surface area contributed by atoms with E-state index in [1.807, 2.05) is 65.6 Å². The Kier molecular flexibility index (Phi) is 7.91. The minimum atomic E-state index is -0.559. The van der Waals surface area contributed by atoms with Crippen LogP contribution in [0.4, 0.5) is 4.79 Å². The van der Waals surface area contributed by atoms with E-state index in [9.17, 15) is 9.59 Å². The van der Waals surface area contributed by atoms with E-state index in [1.54, 1.807) is 4.57 Å². The fourth-order valence-electron chi connectivity index (χ4n) is 5.11. The molecule has 3 aliphatic rings. The van der Waals surface area contributed by atoms with Crippen LogP contribution in [0.3, 0.4) is 0 Å². The number of carbonyl (C=O) groups is 2. The predicted octanol–water partition coefficient (Wildman–Crippen LogP) is 5.38. The molecule has 34 heavy (non-hydrogen) atoms. The van der Waals surface area contributed by atoms with Gasteiger partial charge in [0.25, 0.3) is 0 Å². The Labute approximate surface area is 204 Å². The minimum absolute atomic E-state index is 0.152. The van der Waals surface area contributed by atoms with Gasteiger partial charge in [-0.15, -0.1) is 0 Å². The molecule has 1 amide bonds. The maximum Gasteiger partial charge on any atom is 0.419 e. The maximum absolute atomic E-state index is 13.2. The molecule has 0 bridgehead atoms. The molecule has 0 saturated heterocycles. The van der Waals surface area contributed by atoms with E-state index in [-0.39, 0.29) is 24.0 Å². The zero-order valence-corrected chi connectivity index (χ0v) is 22.1. The fraction of sp³-hybridized carbons (Fsp3) is 0.571. The van der Waals surface area contributed by atoms with Gasteiger partial charge >= 0.3 is 6.09 Å². The molecule has 0 saturated carbocycles. The van der Waals surface area contributed by atoms with Crippen molar-refractivity contribution in [3.05, 3.63) is 46.8 Å². The van der Waals surface area contributed by atoms with Gasteiger partial charge in [0.15, 0.2) is 0 Å². The third-order valence-electron chi connectivity index (χ3n) is 6.59. The lowest BCUT2D eigenvalue weighted by Crippen LogP contribution is -2.48. The van der Waals surface area contributed by atoms with Crippen LogP contribution in [-0.4, -0.2) is 64.7 Å². The molecule has 6 heteroatoms. The quantitative estimate of drug-likeness (QED) is 0.599. The molecule has 2 atom stereocenters. The van der Waals surface area contributed by atoms with Crippen molar-refractivity contribution in [3.63, 3.8) is 0 Å². The molecular formula is C28H41N3O3. The van der Waals surface area contributed by atoms with Crippen molar-refractivity contribution in [2.75, 3.05) is 26.7 Å². The average Bonchev–Trinajstić information content (AvgIpc) is 3.00. The van der Waals surface area contributed by atoms with Crippen LogP contribution in [0, 0.1) is 5.92 Å². The highest BCUT2D eigenvalue weighted by molar-refractivity contribution is 5.93. The number of rotatable bonds is 3. The first-order valence-corrected chi connectivity index (χ1v) is 12.7. The molecular weight excluding hydrogens is 426 g/mol. The Morgan fingerprint density at radius 3 is 2.47 bits per heavy atom. The summed E-state index contributed by atoms with van der Waals surface area (Å²) in [6.07, 6.45) is 11.7. The summed E-state index contributed by atoms with van der Waals surface area (Å²) in [7, 11) is 2.10. The molecule has 2 aliphatic carbocycles. The van der Waals surface area contributed by atoms with Crippen molar-refractivity contribution >= 4 is 23.6 Å². The second-order valence-electron chi connectivity index (χ2n) is 9.92. The Balaban J connectivity index is 0.00000158. The topological polar surface area (TPSA) is 54.8 Å². The van der Waals surface area contributed by atoms with Crippen molar-refractivity contribution in [2.24, 2.45) is 5.92 Å². The normalized spacial score (nSPS) is 21.2. The number of carbonyl (C=O) groups excluding carboxylic acids is 2. The lowest BCUT2D eigenvalue weighted by Gasteiger charge is -2.41.